The molecule has 0 fully saturated rings. The van der Waals surface area contributed by atoms with Crippen molar-refractivity contribution >= 4 is 40.1 Å². The molecule has 0 aliphatic heterocycles. The number of hydrogen-bond donors (Lipinski definition) is 1. The molecule has 0 saturated heterocycles. The van der Waals surface area contributed by atoms with Crippen molar-refractivity contribution in [2.75, 3.05) is 0 Å². The highest BCUT2D eigenvalue weighted by Crippen LogP contribution is 2.33. The van der Waals surface area contributed by atoms with Gasteiger partial charge in [0.25, 0.3) is 0 Å². The van der Waals surface area contributed by atoms with Gasteiger partial charge in [-0.05, 0) is 18.1 Å². The smallest absolute Gasteiger partial charge is 0.323 e. The van der Waals surface area contributed by atoms with E-state index in [0.717, 1.165) is 17.4 Å². The maximum atomic E-state index is 10.8. The first-order valence-corrected chi connectivity index (χ1v) is 5.97. The molecule has 1 aromatic carbocycles. The van der Waals surface area contributed by atoms with Crippen LogP contribution >= 0.6 is 23.2 Å². The molecular formula is C12H11Cl2NO2. The van der Waals surface area contributed by atoms with E-state index in [1.165, 1.54) is 0 Å². The summed E-state index contributed by atoms with van der Waals surface area (Å²) in [5.74, 6) is -0.902. The zero-order valence-corrected chi connectivity index (χ0v) is 10.7. The van der Waals surface area contributed by atoms with Crippen LogP contribution in [0.25, 0.3) is 10.9 Å². The predicted molar refractivity (Wildman–Crippen MR) is 69.0 cm³/mol. The van der Waals surface area contributed by atoms with E-state index in [9.17, 15) is 4.79 Å². The minimum Gasteiger partial charge on any atom is -0.480 e. The summed E-state index contributed by atoms with van der Waals surface area (Å²) >= 11 is 12.1. The Morgan fingerprint density at radius 1 is 1.41 bits per heavy atom. The Morgan fingerprint density at radius 3 is 2.71 bits per heavy atom. The monoisotopic (exact) mass is 271 g/mol. The molecule has 1 heterocycles. The molecular weight excluding hydrogens is 261 g/mol. The number of halogens is 2. The summed E-state index contributed by atoms with van der Waals surface area (Å²) in [6.07, 6.45) is 2.64. The number of aryl methyl sites for hydroxylation is 1. The lowest BCUT2D eigenvalue weighted by atomic mass is 10.1. The number of rotatable bonds is 3. The van der Waals surface area contributed by atoms with Crippen LogP contribution in [0.1, 0.15) is 12.5 Å². The zero-order chi connectivity index (χ0) is 12.6. The molecule has 0 spiro atoms. The van der Waals surface area contributed by atoms with Gasteiger partial charge in [0.05, 0.1) is 15.6 Å². The summed E-state index contributed by atoms with van der Waals surface area (Å²) in [6, 6.07) is 3.61. The molecule has 0 unspecified atom stereocenters. The highest BCUT2D eigenvalue weighted by atomic mass is 35.5. The number of carboxylic acid groups (broad SMARTS) is 1. The van der Waals surface area contributed by atoms with Gasteiger partial charge in [-0.25, -0.2) is 0 Å². The van der Waals surface area contributed by atoms with Crippen LogP contribution in [-0.4, -0.2) is 15.6 Å². The number of fused-ring (bicyclic) bond motifs is 1. The average Bonchev–Trinajstić information content (AvgIpc) is 2.61. The average molecular weight is 272 g/mol. The Hall–Kier alpha value is -1.19. The van der Waals surface area contributed by atoms with Gasteiger partial charge in [0.1, 0.15) is 6.54 Å². The third-order valence-electron chi connectivity index (χ3n) is 2.70. The van der Waals surface area contributed by atoms with Crippen LogP contribution in [0, 0.1) is 0 Å². The van der Waals surface area contributed by atoms with E-state index in [-0.39, 0.29) is 6.54 Å². The van der Waals surface area contributed by atoms with Gasteiger partial charge >= 0.3 is 5.97 Å². The molecule has 0 aliphatic rings. The van der Waals surface area contributed by atoms with Crippen molar-refractivity contribution in [2.24, 2.45) is 0 Å². The van der Waals surface area contributed by atoms with Crippen molar-refractivity contribution in [3.63, 3.8) is 0 Å². The summed E-state index contributed by atoms with van der Waals surface area (Å²) in [5, 5.41) is 10.7. The van der Waals surface area contributed by atoms with E-state index in [2.05, 4.69) is 0 Å². The fourth-order valence-electron chi connectivity index (χ4n) is 1.95. The lowest BCUT2D eigenvalue weighted by Crippen LogP contribution is -2.07. The molecule has 2 aromatic rings. The van der Waals surface area contributed by atoms with Gasteiger partial charge in [-0.1, -0.05) is 36.2 Å². The Bertz CT molecular complexity index is 590. The van der Waals surface area contributed by atoms with Gasteiger partial charge in [0.15, 0.2) is 0 Å². The maximum absolute atomic E-state index is 10.8. The first-order chi connectivity index (χ1) is 8.04. The third kappa shape index (κ3) is 2.13. The summed E-state index contributed by atoms with van der Waals surface area (Å²) in [5.41, 5.74) is 1.76. The van der Waals surface area contributed by atoms with Gasteiger partial charge in [0.2, 0.25) is 0 Å². The lowest BCUT2D eigenvalue weighted by molar-refractivity contribution is -0.137. The van der Waals surface area contributed by atoms with Gasteiger partial charge in [0, 0.05) is 11.6 Å². The van der Waals surface area contributed by atoms with Crippen molar-refractivity contribution in [3.05, 3.63) is 33.9 Å². The number of carboxylic acids is 1. The molecule has 0 saturated carbocycles. The molecule has 0 aliphatic carbocycles. The van der Waals surface area contributed by atoms with Crippen LogP contribution in [-0.2, 0) is 17.8 Å². The zero-order valence-electron chi connectivity index (χ0n) is 9.20. The Balaban J connectivity index is 2.74. The van der Waals surface area contributed by atoms with Gasteiger partial charge in [-0.2, -0.15) is 0 Å². The molecule has 1 aromatic heterocycles. The third-order valence-corrected chi connectivity index (χ3v) is 3.49. The first-order valence-electron chi connectivity index (χ1n) is 5.22. The molecule has 5 heteroatoms. The summed E-state index contributed by atoms with van der Waals surface area (Å²) in [7, 11) is 0. The van der Waals surface area contributed by atoms with Crippen molar-refractivity contribution in [1.29, 1.82) is 0 Å². The molecule has 0 bridgehead atoms. The molecule has 17 heavy (non-hydrogen) atoms. The van der Waals surface area contributed by atoms with E-state index in [4.69, 9.17) is 28.3 Å². The summed E-state index contributed by atoms with van der Waals surface area (Å²) < 4.78 is 1.63. The van der Waals surface area contributed by atoms with Crippen molar-refractivity contribution in [1.82, 2.24) is 4.57 Å². The highest BCUT2D eigenvalue weighted by Gasteiger charge is 2.14. The number of carbonyl (C=O) groups is 1. The normalized spacial score (nSPS) is 11.0. The van der Waals surface area contributed by atoms with E-state index in [1.54, 1.807) is 10.6 Å². The number of nitrogens with zero attached hydrogens (tertiary/aromatic N) is 1. The maximum Gasteiger partial charge on any atom is 0.323 e. The molecule has 0 amide bonds. The second-order valence-corrected chi connectivity index (χ2v) is 4.57. The fourth-order valence-corrected chi connectivity index (χ4v) is 2.38. The number of aliphatic carboxylic acids is 1. The standard InChI is InChI=1S/C12H11Cl2NO2/c1-2-7-5-15(6-10(16)17)12-8(7)3-4-9(13)11(12)14/h3-5H,2,6H2,1H3,(H,16,17). The Morgan fingerprint density at radius 2 is 2.12 bits per heavy atom. The van der Waals surface area contributed by atoms with E-state index in [0.29, 0.717) is 15.6 Å². The quantitative estimate of drug-likeness (QED) is 0.927. The summed E-state index contributed by atoms with van der Waals surface area (Å²) in [6.45, 7) is 1.90. The Labute approximate surface area is 109 Å². The van der Waals surface area contributed by atoms with Crippen LogP contribution in [0.3, 0.4) is 0 Å². The largest absolute Gasteiger partial charge is 0.480 e. The van der Waals surface area contributed by atoms with Crippen molar-refractivity contribution < 1.29 is 9.90 Å². The molecule has 0 atom stereocenters. The number of hydrogen-bond acceptors (Lipinski definition) is 1. The Kier molecular flexibility index (Phi) is 3.31. The van der Waals surface area contributed by atoms with Crippen LogP contribution in [0.15, 0.2) is 18.3 Å². The summed E-state index contributed by atoms with van der Waals surface area (Å²) in [4.78, 5) is 10.8. The fraction of sp³-hybridized carbons (Fsp3) is 0.250. The molecule has 90 valence electrons. The second-order valence-electron chi connectivity index (χ2n) is 3.79. The highest BCUT2D eigenvalue weighted by molar-refractivity contribution is 6.45. The second kappa shape index (κ2) is 4.59. The van der Waals surface area contributed by atoms with Gasteiger partial charge in [-0.3, -0.25) is 4.79 Å². The minimum absolute atomic E-state index is 0.115. The van der Waals surface area contributed by atoms with Crippen molar-refractivity contribution in [3.8, 4) is 0 Å². The van der Waals surface area contributed by atoms with E-state index < -0.39 is 5.97 Å². The van der Waals surface area contributed by atoms with Gasteiger partial charge < -0.3 is 9.67 Å². The van der Waals surface area contributed by atoms with Crippen LogP contribution in [0.2, 0.25) is 10.0 Å². The number of aromatic nitrogens is 1. The minimum atomic E-state index is -0.902. The van der Waals surface area contributed by atoms with Crippen molar-refractivity contribution in [2.45, 2.75) is 19.9 Å². The SMILES string of the molecule is CCc1cn(CC(=O)O)c2c(Cl)c(Cl)ccc12. The predicted octanol–water partition coefficient (Wildman–Crippen LogP) is 3.60. The van der Waals surface area contributed by atoms with Crippen LogP contribution < -0.4 is 0 Å². The first kappa shape index (κ1) is 12.3. The lowest BCUT2D eigenvalue weighted by Gasteiger charge is -2.04. The molecule has 2 rings (SSSR count). The topological polar surface area (TPSA) is 42.2 Å². The molecule has 0 radical (unpaired) electrons. The molecule has 3 nitrogen and oxygen atoms in total. The van der Waals surface area contributed by atoms with Gasteiger partial charge in [-0.15, -0.1) is 0 Å². The number of benzene rings is 1. The van der Waals surface area contributed by atoms with Crippen LogP contribution in [0.5, 0.6) is 0 Å². The van der Waals surface area contributed by atoms with E-state index in [1.807, 2.05) is 19.2 Å². The van der Waals surface area contributed by atoms with Crippen LogP contribution in [0.4, 0.5) is 0 Å². The molecule has 1 N–H and O–H groups in total. The van der Waals surface area contributed by atoms with E-state index >= 15 is 0 Å².